The molecule has 1 aliphatic carbocycles. The smallest absolute Gasteiger partial charge is 0.317 e. The molecule has 2 N–H and O–H groups in total. The minimum absolute atomic E-state index is 0.101. The zero-order valence-electron chi connectivity index (χ0n) is 12.5. The molecule has 0 aromatic rings. The predicted octanol–water partition coefficient (Wildman–Crippen LogP) is 2.32. The van der Waals surface area contributed by atoms with Crippen LogP contribution in [0.1, 0.15) is 46.0 Å². The molecule has 2 amide bonds. The van der Waals surface area contributed by atoms with Crippen molar-refractivity contribution in [2.75, 3.05) is 19.6 Å². The minimum atomic E-state index is -0.768. The average Bonchev–Trinajstić information content (AvgIpc) is 2.84. The molecule has 0 aromatic carbocycles. The van der Waals surface area contributed by atoms with Gasteiger partial charge in [-0.15, -0.1) is 0 Å². The summed E-state index contributed by atoms with van der Waals surface area (Å²) in [5.41, 5.74) is -0.733. The maximum absolute atomic E-state index is 12.2. The number of carbonyl (C=O) groups excluding carboxylic acids is 1. The van der Waals surface area contributed by atoms with Crippen LogP contribution in [0.2, 0.25) is 0 Å². The maximum atomic E-state index is 12.2. The first kappa shape index (κ1) is 15.1. The van der Waals surface area contributed by atoms with Gasteiger partial charge in [0.1, 0.15) is 0 Å². The molecule has 0 aromatic heterocycles. The maximum Gasteiger partial charge on any atom is 0.317 e. The number of likely N-dealkylation sites (tertiary alicyclic amines) is 1. The molecule has 2 rings (SSSR count). The summed E-state index contributed by atoms with van der Waals surface area (Å²) in [6.07, 6.45) is 4.40. The van der Waals surface area contributed by atoms with Gasteiger partial charge in [-0.3, -0.25) is 4.79 Å². The predicted molar refractivity (Wildman–Crippen MR) is 76.5 cm³/mol. The van der Waals surface area contributed by atoms with Crippen molar-refractivity contribution in [1.82, 2.24) is 10.2 Å². The van der Waals surface area contributed by atoms with E-state index in [0.717, 1.165) is 32.4 Å². The number of carboxylic acid groups (broad SMARTS) is 1. The van der Waals surface area contributed by atoms with Gasteiger partial charge in [-0.25, -0.2) is 4.79 Å². The Morgan fingerprint density at radius 1 is 1.20 bits per heavy atom. The van der Waals surface area contributed by atoms with Crippen LogP contribution in [-0.2, 0) is 4.79 Å². The minimum Gasteiger partial charge on any atom is -0.481 e. The van der Waals surface area contributed by atoms with E-state index < -0.39 is 11.4 Å². The first-order valence-electron chi connectivity index (χ1n) is 7.69. The first-order valence-corrected chi connectivity index (χ1v) is 7.69. The van der Waals surface area contributed by atoms with Crippen LogP contribution in [0, 0.1) is 17.3 Å². The number of aliphatic carboxylic acids is 1. The number of piperidine rings is 1. The van der Waals surface area contributed by atoms with E-state index in [0.29, 0.717) is 24.7 Å². The number of hydrogen-bond donors (Lipinski definition) is 2. The SMILES string of the molecule is CC1CC(C)CN(C(=O)NCC2(C(=O)O)CCCC2)C1. The molecule has 1 saturated heterocycles. The summed E-state index contributed by atoms with van der Waals surface area (Å²) in [6.45, 7) is 6.13. The van der Waals surface area contributed by atoms with Gasteiger partial charge in [0.25, 0.3) is 0 Å². The highest BCUT2D eigenvalue weighted by molar-refractivity contribution is 5.78. The summed E-state index contributed by atoms with van der Waals surface area (Å²) in [6, 6.07) is -0.101. The van der Waals surface area contributed by atoms with E-state index in [1.54, 1.807) is 0 Å². The van der Waals surface area contributed by atoms with Gasteiger partial charge in [0.05, 0.1) is 5.41 Å². The lowest BCUT2D eigenvalue weighted by Crippen LogP contribution is -2.50. The second kappa shape index (κ2) is 6.02. The Bertz CT molecular complexity index is 367. The third kappa shape index (κ3) is 3.25. The molecule has 2 aliphatic rings. The number of hydrogen-bond acceptors (Lipinski definition) is 2. The summed E-state index contributed by atoms with van der Waals surface area (Å²) in [5, 5.41) is 12.3. The van der Waals surface area contributed by atoms with Gasteiger partial charge in [-0.2, -0.15) is 0 Å². The van der Waals surface area contributed by atoms with E-state index >= 15 is 0 Å². The molecule has 2 atom stereocenters. The standard InChI is InChI=1S/C15H26N2O3/c1-11-7-12(2)9-17(8-11)14(20)16-10-15(13(18)19)5-3-4-6-15/h11-12H,3-10H2,1-2H3,(H,16,20)(H,18,19). The number of amides is 2. The van der Waals surface area contributed by atoms with Gasteiger partial charge in [0, 0.05) is 19.6 Å². The van der Waals surface area contributed by atoms with Gasteiger partial charge in [-0.1, -0.05) is 26.7 Å². The Morgan fingerprint density at radius 3 is 2.25 bits per heavy atom. The largest absolute Gasteiger partial charge is 0.481 e. The van der Waals surface area contributed by atoms with Crippen molar-refractivity contribution in [3.05, 3.63) is 0 Å². The molecule has 0 spiro atoms. The molecule has 1 aliphatic heterocycles. The second-order valence-electron chi connectivity index (χ2n) is 6.80. The van der Waals surface area contributed by atoms with Gasteiger partial charge in [0.15, 0.2) is 0 Å². The van der Waals surface area contributed by atoms with Crippen LogP contribution in [0.25, 0.3) is 0 Å². The van der Waals surface area contributed by atoms with E-state index in [2.05, 4.69) is 19.2 Å². The normalized spacial score (nSPS) is 29.2. The summed E-state index contributed by atoms with van der Waals surface area (Å²) < 4.78 is 0. The first-order chi connectivity index (χ1) is 9.43. The molecule has 2 unspecified atom stereocenters. The highest BCUT2D eigenvalue weighted by Crippen LogP contribution is 2.37. The number of nitrogens with one attached hydrogen (secondary N) is 1. The van der Waals surface area contributed by atoms with E-state index in [4.69, 9.17) is 0 Å². The van der Waals surface area contributed by atoms with Crippen molar-refractivity contribution in [2.45, 2.75) is 46.0 Å². The van der Waals surface area contributed by atoms with Crippen molar-refractivity contribution in [2.24, 2.45) is 17.3 Å². The highest BCUT2D eigenvalue weighted by atomic mass is 16.4. The van der Waals surface area contributed by atoms with E-state index in [1.165, 1.54) is 0 Å². The van der Waals surface area contributed by atoms with Crippen molar-refractivity contribution in [1.29, 1.82) is 0 Å². The lowest BCUT2D eigenvalue weighted by atomic mass is 9.86. The Hall–Kier alpha value is -1.26. The number of rotatable bonds is 3. The second-order valence-corrected chi connectivity index (χ2v) is 6.80. The molecule has 20 heavy (non-hydrogen) atoms. The van der Waals surface area contributed by atoms with Crippen molar-refractivity contribution < 1.29 is 14.7 Å². The fraction of sp³-hybridized carbons (Fsp3) is 0.867. The molecule has 0 radical (unpaired) electrons. The van der Waals surface area contributed by atoms with Crippen LogP contribution in [0.4, 0.5) is 4.79 Å². The average molecular weight is 282 g/mol. The number of carbonyl (C=O) groups is 2. The van der Waals surface area contributed by atoms with E-state index in [9.17, 15) is 14.7 Å². The summed E-state index contributed by atoms with van der Waals surface area (Å²) in [7, 11) is 0. The summed E-state index contributed by atoms with van der Waals surface area (Å²) in [5.74, 6) is 0.268. The molecular weight excluding hydrogens is 256 g/mol. The third-order valence-corrected chi connectivity index (χ3v) is 4.75. The highest BCUT2D eigenvalue weighted by Gasteiger charge is 2.41. The van der Waals surface area contributed by atoms with Crippen molar-refractivity contribution >= 4 is 12.0 Å². The summed E-state index contributed by atoms with van der Waals surface area (Å²) >= 11 is 0. The van der Waals surface area contributed by atoms with Gasteiger partial charge >= 0.3 is 12.0 Å². The Balaban J connectivity index is 1.89. The number of nitrogens with zero attached hydrogens (tertiary/aromatic N) is 1. The fourth-order valence-electron chi connectivity index (χ4n) is 3.70. The number of carboxylic acids is 1. The van der Waals surface area contributed by atoms with E-state index in [-0.39, 0.29) is 12.6 Å². The lowest BCUT2D eigenvalue weighted by molar-refractivity contribution is -0.148. The van der Waals surface area contributed by atoms with Gasteiger partial charge in [-0.05, 0) is 31.1 Å². The molecule has 2 fully saturated rings. The van der Waals surface area contributed by atoms with Crippen LogP contribution in [0.3, 0.4) is 0 Å². The molecule has 5 heteroatoms. The van der Waals surface area contributed by atoms with Crippen LogP contribution in [0.15, 0.2) is 0 Å². The van der Waals surface area contributed by atoms with Crippen molar-refractivity contribution in [3.8, 4) is 0 Å². The molecule has 1 saturated carbocycles. The van der Waals surface area contributed by atoms with Crippen LogP contribution >= 0.6 is 0 Å². The zero-order valence-corrected chi connectivity index (χ0v) is 12.5. The third-order valence-electron chi connectivity index (χ3n) is 4.75. The molecule has 0 bridgehead atoms. The topological polar surface area (TPSA) is 69.6 Å². The zero-order chi connectivity index (χ0) is 14.8. The van der Waals surface area contributed by atoms with Crippen molar-refractivity contribution in [3.63, 3.8) is 0 Å². The Morgan fingerprint density at radius 2 is 1.75 bits per heavy atom. The Kier molecular flexibility index (Phi) is 4.55. The van der Waals surface area contributed by atoms with E-state index in [1.807, 2.05) is 4.90 Å². The number of urea groups is 1. The molecular formula is C15H26N2O3. The lowest BCUT2D eigenvalue weighted by Gasteiger charge is -2.35. The van der Waals surface area contributed by atoms with Gasteiger partial charge in [0.2, 0.25) is 0 Å². The quantitative estimate of drug-likeness (QED) is 0.834. The molecule has 5 nitrogen and oxygen atoms in total. The van der Waals surface area contributed by atoms with Gasteiger partial charge < -0.3 is 15.3 Å². The van der Waals surface area contributed by atoms with Crippen LogP contribution in [0.5, 0.6) is 0 Å². The fourth-order valence-corrected chi connectivity index (χ4v) is 3.70. The van der Waals surface area contributed by atoms with Crippen LogP contribution in [-0.4, -0.2) is 41.6 Å². The molecule has 114 valence electrons. The van der Waals surface area contributed by atoms with Crippen LogP contribution < -0.4 is 5.32 Å². The molecule has 1 heterocycles. The Labute approximate surface area is 120 Å². The monoisotopic (exact) mass is 282 g/mol. The summed E-state index contributed by atoms with van der Waals surface area (Å²) in [4.78, 5) is 25.5.